The molecule has 3 aromatic carbocycles. The Labute approximate surface area is 189 Å². The van der Waals surface area contributed by atoms with E-state index in [0.717, 1.165) is 0 Å². The van der Waals surface area contributed by atoms with E-state index in [2.05, 4.69) is 0 Å². The fourth-order valence-corrected chi connectivity index (χ4v) is 3.75. The summed E-state index contributed by atoms with van der Waals surface area (Å²) in [5.74, 6) is -1.39. The SMILES string of the molecule is COc1cccc(C(O)(c2cccc(OC)c2)C(NC(=O)C(F)(F)F)c2ccccc2C)c1. The van der Waals surface area contributed by atoms with Gasteiger partial charge in [0.1, 0.15) is 17.1 Å². The van der Waals surface area contributed by atoms with Gasteiger partial charge in [0, 0.05) is 0 Å². The van der Waals surface area contributed by atoms with Crippen molar-refractivity contribution in [1.82, 2.24) is 5.32 Å². The minimum atomic E-state index is -5.15. The smallest absolute Gasteiger partial charge is 0.471 e. The molecule has 0 radical (unpaired) electrons. The minimum Gasteiger partial charge on any atom is -0.497 e. The lowest BCUT2D eigenvalue weighted by atomic mass is 9.76. The van der Waals surface area contributed by atoms with Crippen molar-refractivity contribution in [3.05, 3.63) is 95.1 Å². The minimum absolute atomic E-state index is 0.228. The first-order valence-electron chi connectivity index (χ1n) is 10.1. The van der Waals surface area contributed by atoms with E-state index in [1.165, 1.54) is 26.4 Å². The number of carbonyl (C=O) groups is 1. The highest BCUT2D eigenvalue weighted by molar-refractivity contribution is 5.82. The van der Waals surface area contributed by atoms with Gasteiger partial charge in [0.2, 0.25) is 0 Å². The van der Waals surface area contributed by atoms with Crippen LogP contribution in [0.3, 0.4) is 0 Å². The summed E-state index contributed by atoms with van der Waals surface area (Å²) in [5, 5.41) is 14.3. The molecule has 1 amide bonds. The van der Waals surface area contributed by atoms with Crippen LogP contribution in [0.15, 0.2) is 72.8 Å². The number of carbonyl (C=O) groups excluding carboxylic acids is 1. The number of benzene rings is 3. The first-order valence-corrected chi connectivity index (χ1v) is 10.1. The molecule has 0 aliphatic rings. The first kappa shape index (κ1) is 24.1. The number of rotatable bonds is 7. The monoisotopic (exact) mass is 459 g/mol. The van der Waals surface area contributed by atoms with Crippen molar-refractivity contribution in [3.63, 3.8) is 0 Å². The second-order valence-corrected chi connectivity index (χ2v) is 7.49. The molecule has 2 N–H and O–H groups in total. The number of aryl methyl sites for hydroxylation is 1. The Morgan fingerprint density at radius 2 is 1.39 bits per heavy atom. The molecule has 5 nitrogen and oxygen atoms in total. The van der Waals surface area contributed by atoms with Crippen molar-refractivity contribution >= 4 is 5.91 Å². The van der Waals surface area contributed by atoms with E-state index in [9.17, 15) is 23.1 Å². The molecule has 0 bridgehead atoms. The van der Waals surface area contributed by atoms with Crippen LogP contribution in [0.5, 0.6) is 11.5 Å². The molecule has 33 heavy (non-hydrogen) atoms. The van der Waals surface area contributed by atoms with Gasteiger partial charge in [-0.15, -0.1) is 0 Å². The zero-order valence-electron chi connectivity index (χ0n) is 18.3. The van der Waals surface area contributed by atoms with Crippen LogP contribution in [0.4, 0.5) is 13.2 Å². The molecular formula is C25H24F3NO4. The van der Waals surface area contributed by atoms with Gasteiger partial charge in [0.05, 0.1) is 20.3 Å². The average molecular weight is 459 g/mol. The third-order valence-corrected chi connectivity index (χ3v) is 5.47. The standard InChI is InChI=1S/C25H24F3NO4/c1-16-8-4-5-13-21(16)22(29-23(30)25(26,27)28)24(31,17-9-6-11-19(14-17)32-2)18-10-7-12-20(15-18)33-3/h4-15,22,31H,1-3H3,(H,29,30). The fraction of sp³-hybridized carbons (Fsp3) is 0.240. The summed E-state index contributed by atoms with van der Waals surface area (Å²) in [4.78, 5) is 12.1. The van der Waals surface area contributed by atoms with Crippen LogP contribution in [0.25, 0.3) is 0 Å². The van der Waals surface area contributed by atoms with Gasteiger partial charge in [-0.2, -0.15) is 13.2 Å². The molecule has 3 rings (SSSR count). The van der Waals surface area contributed by atoms with Crippen LogP contribution in [0, 0.1) is 6.92 Å². The van der Waals surface area contributed by atoms with Gasteiger partial charge in [-0.1, -0.05) is 48.5 Å². The lowest BCUT2D eigenvalue weighted by Gasteiger charge is -2.39. The molecule has 3 aromatic rings. The van der Waals surface area contributed by atoms with E-state index in [-0.39, 0.29) is 11.1 Å². The number of nitrogens with one attached hydrogen (secondary N) is 1. The summed E-state index contributed by atoms with van der Waals surface area (Å²) >= 11 is 0. The largest absolute Gasteiger partial charge is 0.497 e. The number of alkyl halides is 3. The van der Waals surface area contributed by atoms with Crippen LogP contribution >= 0.6 is 0 Å². The predicted octanol–water partition coefficient (Wildman–Crippen LogP) is 4.67. The van der Waals surface area contributed by atoms with E-state index in [0.29, 0.717) is 22.6 Å². The van der Waals surface area contributed by atoms with E-state index in [1.807, 2.05) is 5.32 Å². The van der Waals surface area contributed by atoms with Gasteiger partial charge in [-0.05, 0) is 53.4 Å². The number of methoxy groups -OCH3 is 2. The Bertz CT molecular complexity index is 1080. The molecule has 0 heterocycles. The fourth-order valence-electron chi connectivity index (χ4n) is 3.75. The summed E-state index contributed by atoms with van der Waals surface area (Å²) in [5.41, 5.74) is -0.745. The zero-order chi connectivity index (χ0) is 24.2. The maximum atomic E-state index is 13.3. The molecule has 0 saturated carbocycles. The number of ether oxygens (including phenoxy) is 2. The molecule has 1 atom stereocenters. The van der Waals surface area contributed by atoms with Crippen molar-refractivity contribution in [1.29, 1.82) is 0 Å². The number of halogens is 3. The maximum Gasteiger partial charge on any atom is 0.471 e. The molecule has 1 unspecified atom stereocenters. The zero-order valence-corrected chi connectivity index (χ0v) is 18.3. The normalized spacial score (nSPS) is 12.7. The Morgan fingerprint density at radius 3 is 1.85 bits per heavy atom. The second-order valence-electron chi connectivity index (χ2n) is 7.49. The average Bonchev–Trinajstić information content (AvgIpc) is 2.82. The predicted molar refractivity (Wildman–Crippen MR) is 117 cm³/mol. The van der Waals surface area contributed by atoms with Crippen molar-refractivity contribution in [2.45, 2.75) is 24.7 Å². The highest BCUT2D eigenvalue weighted by Crippen LogP contribution is 2.44. The number of amides is 1. The Hall–Kier alpha value is -3.52. The quantitative estimate of drug-likeness (QED) is 0.539. The van der Waals surface area contributed by atoms with Gasteiger partial charge in [-0.3, -0.25) is 4.79 Å². The molecule has 0 spiro atoms. The molecular weight excluding hydrogens is 435 g/mol. The van der Waals surface area contributed by atoms with Gasteiger partial charge in [0.25, 0.3) is 0 Å². The Morgan fingerprint density at radius 1 is 0.879 bits per heavy atom. The number of hydrogen-bond donors (Lipinski definition) is 2. The third-order valence-electron chi connectivity index (χ3n) is 5.47. The topological polar surface area (TPSA) is 67.8 Å². The van der Waals surface area contributed by atoms with Crippen LogP contribution in [-0.4, -0.2) is 31.4 Å². The lowest BCUT2D eigenvalue weighted by molar-refractivity contribution is -0.176. The van der Waals surface area contributed by atoms with Crippen molar-refractivity contribution in [3.8, 4) is 11.5 Å². The molecule has 8 heteroatoms. The van der Waals surface area contributed by atoms with Crippen molar-refractivity contribution in [2.24, 2.45) is 0 Å². The molecule has 0 aliphatic carbocycles. The summed E-state index contributed by atoms with van der Waals surface area (Å²) in [7, 11) is 2.88. The molecule has 0 saturated heterocycles. The van der Waals surface area contributed by atoms with Crippen LogP contribution in [0.1, 0.15) is 28.3 Å². The van der Waals surface area contributed by atoms with Crippen LogP contribution in [-0.2, 0) is 10.4 Å². The van der Waals surface area contributed by atoms with Gasteiger partial charge in [0.15, 0.2) is 0 Å². The molecule has 0 aliphatic heterocycles. The second kappa shape index (κ2) is 9.54. The van der Waals surface area contributed by atoms with Crippen LogP contribution < -0.4 is 14.8 Å². The first-order chi connectivity index (χ1) is 15.6. The van der Waals surface area contributed by atoms with Gasteiger partial charge < -0.3 is 19.9 Å². The summed E-state index contributed by atoms with van der Waals surface area (Å²) in [6, 6.07) is 17.8. The lowest BCUT2D eigenvalue weighted by Crippen LogP contribution is -2.49. The van der Waals surface area contributed by atoms with Crippen LogP contribution in [0.2, 0.25) is 0 Å². The summed E-state index contributed by atoms with van der Waals surface area (Å²) in [6.07, 6.45) is -5.15. The van der Waals surface area contributed by atoms with E-state index in [1.54, 1.807) is 67.6 Å². The van der Waals surface area contributed by atoms with Crippen molar-refractivity contribution in [2.75, 3.05) is 14.2 Å². The molecule has 0 aromatic heterocycles. The maximum absolute atomic E-state index is 13.3. The third kappa shape index (κ3) is 4.96. The molecule has 174 valence electrons. The number of aliphatic hydroxyl groups is 1. The van der Waals surface area contributed by atoms with E-state index >= 15 is 0 Å². The Kier molecular flexibility index (Phi) is 6.98. The highest BCUT2D eigenvalue weighted by Gasteiger charge is 2.47. The molecule has 0 fully saturated rings. The Balaban J connectivity index is 2.33. The van der Waals surface area contributed by atoms with E-state index < -0.39 is 23.7 Å². The van der Waals surface area contributed by atoms with Crippen molar-refractivity contribution < 1.29 is 32.5 Å². The van der Waals surface area contributed by atoms with Gasteiger partial charge in [-0.25, -0.2) is 0 Å². The summed E-state index contributed by atoms with van der Waals surface area (Å²) < 4.78 is 50.5. The van der Waals surface area contributed by atoms with E-state index in [4.69, 9.17) is 9.47 Å². The highest BCUT2D eigenvalue weighted by atomic mass is 19.4. The van der Waals surface area contributed by atoms with Gasteiger partial charge >= 0.3 is 12.1 Å². The number of hydrogen-bond acceptors (Lipinski definition) is 4. The summed E-state index contributed by atoms with van der Waals surface area (Å²) in [6.45, 7) is 1.69.